The number of halogens is 1. The van der Waals surface area contributed by atoms with Crippen LogP contribution in [0, 0.1) is 5.82 Å². The maximum absolute atomic E-state index is 13.7. The van der Waals surface area contributed by atoms with E-state index in [0.29, 0.717) is 18.7 Å². The van der Waals surface area contributed by atoms with Crippen molar-refractivity contribution in [3.63, 3.8) is 0 Å². The molecule has 16 heavy (non-hydrogen) atoms. The van der Waals surface area contributed by atoms with Crippen LogP contribution in [0.15, 0.2) is 6.33 Å². The molecule has 0 amide bonds. The fourth-order valence-corrected chi connectivity index (χ4v) is 1.14. The molecular weight excluding hydrogens is 209 g/mol. The van der Waals surface area contributed by atoms with Gasteiger partial charge in [0.05, 0.1) is 11.3 Å². The quantitative estimate of drug-likeness (QED) is 0.836. The SMILES string of the molecule is CCc1ncnc(NCC(C)(C)OC)c1F. The fourth-order valence-electron chi connectivity index (χ4n) is 1.14. The third-order valence-electron chi connectivity index (χ3n) is 2.43. The van der Waals surface area contributed by atoms with Gasteiger partial charge in [0.15, 0.2) is 11.6 Å². The largest absolute Gasteiger partial charge is 0.377 e. The fraction of sp³-hybridized carbons (Fsp3) is 0.636. The Hall–Kier alpha value is -1.23. The van der Waals surface area contributed by atoms with E-state index in [9.17, 15) is 4.39 Å². The minimum absolute atomic E-state index is 0.233. The number of hydrogen-bond acceptors (Lipinski definition) is 4. The normalized spacial score (nSPS) is 11.6. The molecule has 0 saturated carbocycles. The van der Waals surface area contributed by atoms with E-state index in [1.807, 2.05) is 20.8 Å². The lowest BCUT2D eigenvalue weighted by atomic mass is 10.1. The molecule has 0 spiro atoms. The van der Waals surface area contributed by atoms with E-state index in [0.717, 1.165) is 0 Å². The molecule has 1 N–H and O–H groups in total. The number of ether oxygens (including phenoxy) is 1. The minimum Gasteiger partial charge on any atom is -0.377 e. The van der Waals surface area contributed by atoms with E-state index in [1.54, 1.807) is 7.11 Å². The summed E-state index contributed by atoms with van der Waals surface area (Å²) in [7, 11) is 1.62. The molecule has 0 aromatic carbocycles. The van der Waals surface area contributed by atoms with Gasteiger partial charge < -0.3 is 10.1 Å². The molecule has 5 heteroatoms. The molecule has 0 aliphatic rings. The van der Waals surface area contributed by atoms with Crippen molar-refractivity contribution in [3.05, 3.63) is 17.8 Å². The van der Waals surface area contributed by atoms with Gasteiger partial charge in [-0.25, -0.2) is 14.4 Å². The highest BCUT2D eigenvalue weighted by molar-refractivity contribution is 5.37. The van der Waals surface area contributed by atoms with E-state index < -0.39 is 0 Å². The second-order valence-corrected chi connectivity index (χ2v) is 4.15. The van der Waals surface area contributed by atoms with Gasteiger partial charge in [0, 0.05) is 13.7 Å². The topological polar surface area (TPSA) is 47.0 Å². The summed E-state index contributed by atoms with van der Waals surface area (Å²) in [5, 5.41) is 2.93. The van der Waals surface area contributed by atoms with Crippen LogP contribution in [0.2, 0.25) is 0 Å². The van der Waals surface area contributed by atoms with Crippen LogP contribution in [0.3, 0.4) is 0 Å². The van der Waals surface area contributed by atoms with Gasteiger partial charge >= 0.3 is 0 Å². The van der Waals surface area contributed by atoms with Gasteiger partial charge in [0.25, 0.3) is 0 Å². The van der Waals surface area contributed by atoms with Crippen molar-refractivity contribution < 1.29 is 9.13 Å². The number of methoxy groups -OCH3 is 1. The molecule has 1 aromatic heterocycles. The van der Waals surface area contributed by atoms with E-state index in [4.69, 9.17) is 4.74 Å². The van der Waals surface area contributed by atoms with Gasteiger partial charge in [-0.05, 0) is 20.3 Å². The highest BCUT2D eigenvalue weighted by Gasteiger charge is 2.18. The minimum atomic E-state index is -0.378. The lowest BCUT2D eigenvalue weighted by Gasteiger charge is -2.23. The summed E-state index contributed by atoms with van der Waals surface area (Å²) in [5.74, 6) is -0.145. The van der Waals surface area contributed by atoms with E-state index >= 15 is 0 Å². The molecule has 1 heterocycles. The van der Waals surface area contributed by atoms with Crippen LogP contribution in [0.4, 0.5) is 10.2 Å². The number of aromatic nitrogens is 2. The van der Waals surface area contributed by atoms with Crippen LogP contribution in [0.5, 0.6) is 0 Å². The van der Waals surface area contributed by atoms with Gasteiger partial charge in [-0.3, -0.25) is 0 Å². The van der Waals surface area contributed by atoms with Crippen molar-refractivity contribution in [2.45, 2.75) is 32.8 Å². The number of rotatable bonds is 5. The molecule has 90 valence electrons. The number of nitrogens with zero attached hydrogens (tertiary/aromatic N) is 2. The molecule has 4 nitrogen and oxygen atoms in total. The Morgan fingerprint density at radius 3 is 2.69 bits per heavy atom. The summed E-state index contributed by atoms with van der Waals surface area (Å²) >= 11 is 0. The summed E-state index contributed by atoms with van der Waals surface area (Å²) in [6, 6.07) is 0. The van der Waals surface area contributed by atoms with Gasteiger partial charge in [-0.1, -0.05) is 6.92 Å². The van der Waals surface area contributed by atoms with Crippen molar-refractivity contribution in [2.24, 2.45) is 0 Å². The van der Waals surface area contributed by atoms with Crippen molar-refractivity contribution in [3.8, 4) is 0 Å². The smallest absolute Gasteiger partial charge is 0.186 e. The molecule has 0 bridgehead atoms. The number of aryl methyl sites for hydroxylation is 1. The first-order chi connectivity index (χ1) is 7.50. The summed E-state index contributed by atoms with van der Waals surface area (Å²) < 4.78 is 19.0. The predicted octanol–water partition coefficient (Wildman–Crippen LogP) is 2.01. The Bertz CT molecular complexity index is 355. The third kappa shape index (κ3) is 3.13. The Balaban J connectivity index is 2.75. The average Bonchev–Trinajstić information content (AvgIpc) is 2.28. The molecule has 0 aliphatic heterocycles. The first kappa shape index (κ1) is 12.8. The molecule has 0 fully saturated rings. The highest BCUT2D eigenvalue weighted by atomic mass is 19.1. The standard InChI is InChI=1S/C11H18FN3O/c1-5-8-9(12)10(15-7-14-8)13-6-11(2,3)16-4/h7H,5-6H2,1-4H3,(H,13,14,15). The molecular formula is C11H18FN3O. The van der Waals surface area contributed by atoms with Gasteiger partial charge in [-0.2, -0.15) is 0 Å². The van der Waals surface area contributed by atoms with Crippen LogP contribution in [0.25, 0.3) is 0 Å². The lowest BCUT2D eigenvalue weighted by molar-refractivity contribution is 0.0342. The number of hydrogen-bond donors (Lipinski definition) is 1. The molecule has 0 radical (unpaired) electrons. The van der Waals surface area contributed by atoms with Crippen molar-refractivity contribution >= 4 is 5.82 Å². The summed E-state index contributed by atoms with van der Waals surface area (Å²) in [6.07, 6.45) is 1.92. The average molecular weight is 227 g/mol. The summed E-state index contributed by atoms with van der Waals surface area (Å²) in [5.41, 5.74) is 0.0664. The van der Waals surface area contributed by atoms with Crippen molar-refractivity contribution in [1.82, 2.24) is 9.97 Å². The molecule has 0 aliphatic carbocycles. The van der Waals surface area contributed by atoms with Crippen molar-refractivity contribution in [1.29, 1.82) is 0 Å². The Morgan fingerprint density at radius 1 is 1.44 bits per heavy atom. The Morgan fingerprint density at radius 2 is 2.12 bits per heavy atom. The Labute approximate surface area is 95.3 Å². The zero-order valence-electron chi connectivity index (χ0n) is 10.2. The maximum atomic E-state index is 13.7. The lowest BCUT2D eigenvalue weighted by Crippen LogP contribution is -2.32. The third-order valence-corrected chi connectivity index (χ3v) is 2.43. The molecule has 0 unspecified atom stereocenters. The maximum Gasteiger partial charge on any atom is 0.186 e. The summed E-state index contributed by atoms with van der Waals surface area (Å²) in [6.45, 7) is 6.18. The first-order valence-electron chi connectivity index (χ1n) is 5.28. The van der Waals surface area contributed by atoms with Gasteiger partial charge in [0.2, 0.25) is 0 Å². The number of anilines is 1. The first-order valence-corrected chi connectivity index (χ1v) is 5.28. The van der Waals surface area contributed by atoms with Crippen LogP contribution < -0.4 is 5.32 Å². The molecule has 1 aromatic rings. The van der Waals surface area contributed by atoms with Crippen LogP contribution in [-0.2, 0) is 11.2 Å². The van der Waals surface area contributed by atoms with E-state index in [2.05, 4.69) is 15.3 Å². The second-order valence-electron chi connectivity index (χ2n) is 4.15. The second kappa shape index (κ2) is 5.21. The predicted molar refractivity (Wildman–Crippen MR) is 60.9 cm³/mol. The van der Waals surface area contributed by atoms with E-state index in [1.165, 1.54) is 6.33 Å². The molecule has 0 saturated heterocycles. The van der Waals surface area contributed by atoms with Crippen LogP contribution >= 0.6 is 0 Å². The van der Waals surface area contributed by atoms with Crippen LogP contribution in [-0.4, -0.2) is 29.2 Å². The van der Waals surface area contributed by atoms with Gasteiger partial charge in [0.1, 0.15) is 6.33 Å². The van der Waals surface area contributed by atoms with Crippen molar-refractivity contribution in [2.75, 3.05) is 19.0 Å². The van der Waals surface area contributed by atoms with E-state index in [-0.39, 0.29) is 17.2 Å². The Kier molecular flexibility index (Phi) is 4.18. The monoisotopic (exact) mass is 227 g/mol. The zero-order chi connectivity index (χ0) is 12.2. The molecule has 0 atom stereocenters. The van der Waals surface area contributed by atoms with Crippen LogP contribution in [0.1, 0.15) is 26.5 Å². The highest BCUT2D eigenvalue weighted by Crippen LogP contribution is 2.15. The van der Waals surface area contributed by atoms with Gasteiger partial charge in [-0.15, -0.1) is 0 Å². The summed E-state index contributed by atoms with van der Waals surface area (Å²) in [4.78, 5) is 7.74. The zero-order valence-corrected chi connectivity index (χ0v) is 10.2. The molecule has 1 rings (SSSR count). The number of nitrogens with one attached hydrogen (secondary N) is 1.